The number of nitrogens with zero attached hydrogens (tertiary/aromatic N) is 4. The number of carbonyl (C=O) groups is 1. The van der Waals surface area contributed by atoms with E-state index < -0.39 is 0 Å². The molecule has 0 unspecified atom stereocenters. The maximum absolute atomic E-state index is 12.8. The van der Waals surface area contributed by atoms with E-state index in [1.807, 2.05) is 11.0 Å². The second-order valence-corrected chi connectivity index (χ2v) is 7.39. The van der Waals surface area contributed by atoms with E-state index in [0.717, 1.165) is 57.8 Å². The molecule has 7 heteroatoms. The lowest BCUT2D eigenvalue weighted by atomic mass is 9.80. The molecule has 4 rings (SSSR count). The van der Waals surface area contributed by atoms with E-state index in [9.17, 15) is 4.79 Å². The minimum atomic E-state index is -0.240. The molecule has 3 aliphatic rings. The van der Waals surface area contributed by atoms with Crippen molar-refractivity contribution in [2.24, 2.45) is 5.41 Å². The van der Waals surface area contributed by atoms with E-state index in [1.165, 1.54) is 0 Å². The van der Waals surface area contributed by atoms with Crippen LogP contribution in [0.25, 0.3) is 0 Å². The lowest BCUT2D eigenvalue weighted by Gasteiger charge is -2.44. The van der Waals surface area contributed by atoms with Crippen molar-refractivity contribution >= 4 is 11.9 Å². The Bertz CT molecular complexity index is 593. The van der Waals surface area contributed by atoms with Gasteiger partial charge in [0.2, 0.25) is 5.95 Å². The predicted octanol–water partition coefficient (Wildman–Crippen LogP) is 1.10. The molecule has 1 aromatic rings. The van der Waals surface area contributed by atoms with Crippen molar-refractivity contribution in [3.8, 4) is 0 Å². The number of amides is 1. The first kappa shape index (κ1) is 16.7. The van der Waals surface area contributed by atoms with Gasteiger partial charge in [-0.1, -0.05) is 0 Å². The second kappa shape index (κ2) is 7.25. The maximum Gasteiger partial charge on any atom is 0.251 e. The summed E-state index contributed by atoms with van der Waals surface area (Å²) in [6.45, 7) is 5.22. The third-order valence-electron chi connectivity index (χ3n) is 5.45. The van der Waals surface area contributed by atoms with Gasteiger partial charge in [-0.15, -0.1) is 0 Å². The standard InChI is InChI=1S/C18H26N4O3/c23-16(15-4-1-10-25-15)21-8-2-5-18(12-21)13-22(9-11-24-14-18)17-19-6-3-7-20-17/h3,6-7,15H,1-2,4-5,8-14H2/t15-,18+/m1/s1. The van der Waals surface area contributed by atoms with Crippen molar-refractivity contribution in [1.29, 1.82) is 0 Å². The van der Waals surface area contributed by atoms with Gasteiger partial charge in [-0.2, -0.15) is 0 Å². The molecule has 0 aliphatic carbocycles. The molecule has 1 spiro atoms. The Morgan fingerprint density at radius 2 is 2.04 bits per heavy atom. The summed E-state index contributed by atoms with van der Waals surface area (Å²) in [5.41, 5.74) is -0.0534. The van der Waals surface area contributed by atoms with Gasteiger partial charge in [0.1, 0.15) is 6.10 Å². The van der Waals surface area contributed by atoms with Gasteiger partial charge in [0.15, 0.2) is 0 Å². The van der Waals surface area contributed by atoms with Crippen LogP contribution in [0.15, 0.2) is 18.5 Å². The van der Waals surface area contributed by atoms with Gasteiger partial charge in [-0.25, -0.2) is 9.97 Å². The summed E-state index contributed by atoms with van der Waals surface area (Å²) in [4.78, 5) is 25.8. The summed E-state index contributed by atoms with van der Waals surface area (Å²) in [6.07, 6.45) is 7.21. The predicted molar refractivity (Wildman–Crippen MR) is 92.3 cm³/mol. The Morgan fingerprint density at radius 1 is 1.16 bits per heavy atom. The smallest absolute Gasteiger partial charge is 0.251 e. The van der Waals surface area contributed by atoms with Crippen LogP contribution >= 0.6 is 0 Å². The van der Waals surface area contributed by atoms with E-state index in [1.54, 1.807) is 12.4 Å². The lowest BCUT2D eigenvalue weighted by Crippen LogP contribution is -2.54. The van der Waals surface area contributed by atoms with Gasteiger partial charge in [0, 0.05) is 50.6 Å². The highest BCUT2D eigenvalue weighted by Gasteiger charge is 2.42. The summed E-state index contributed by atoms with van der Waals surface area (Å²) >= 11 is 0. The summed E-state index contributed by atoms with van der Waals surface area (Å²) < 4.78 is 11.5. The van der Waals surface area contributed by atoms with Gasteiger partial charge in [0.25, 0.3) is 5.91 Å². The molecule has 136 valence electrons. The average molecular weight is 346 g/mol. The molecule has 1 aromatic heterocycles. The van der Waals surface area contributed by atoms with Gasteiger partial charge < -0.3 is 19.3 Å². The van der Waals surface area contributed by atoms with Crippen molar-refractivity contribution in [3.63, 3.8) is 0 Å². The fourth-order valence-corrected chi connectivity index (χ4v) is 4.24. The first-order valence-electron chi connectivity index (χ1n) is 9.26. The fourth-order valence-electron chi connectivity index (χ4n) is 4.24. The number of anilines is 1. The number of ether oxygens (including phenoxy) is 2. The third kappa shape index (κ3) is 3.62. The molecule has 25 heavy (non-hydrogen) atoms. The quantitative estimate of drug-likeness (QED) is 0.799. The van der Waals surface area contributed by atoms with Gasteiger partial charge in [-0.3, -0.25) is 4.79 Å². The normalized spacial score (nSPS) is 30.5. The van der Waals surface area contributed by atoms with Gasteiger partial charge in [-0.05, 0) is 31.7 Å². The van der Waals surface area contributed by atoms with Crippen LogP contribution in [-0.4, -0.2) is 72.9 Å². The minimum absolute atomic E-state index is 0.0534. The zero-order chi connectivity index (χ0) is 17.1. The van der Waals surface area contributed by atoms with Crippen LogP contribution in [0.1, 0.15) is 25.7 Å². The van der Waals surface area contributed by atoms with Crippen LogP contribution in [0, 0.1) is 5.41 Å². The second-order valence-electron chi connectivity index (χ2n) is 7.39. The first-order valence-corrected chi connectivity index (χ1v) is 9.26. The number of hydrogen-bond donors (Lipinski definition) is 0. The SMILES string of the molecule is O=C([C@H]1CCCO1)N1CCC[C@]2(COCCN(c3ncccn3)C2)C1. The van der Waals surface area contributed by atoms with Crippen LogP contribution < -0.4 is 4.90 Å². The molecular formula is C18H26N4O3. The molecule has 1 amide bonds. The van der Waals surface area contributed by atoms with Crippen LogP contribution in [0.4, 0.5) is 5.95 Å². The van der Waals surface area contributed by atoms with Crippen LogP contribution in [-0.2, 0) is 14.3 Å². The number of likely N-dealkylation sites (tertiary alicyclic amines) is 1. The summed E-state index contributed by atoms with van der Waals surface area (Å²) in [7, 11) is 0. The Balaban J connectivity index is 1.49. The number of rotatable bonds is 2. The molecule has 0 bridgehead atoms. The highest BCUT2D eigenvalue weighted by molar-refractivity contribution is 5.81. The van der Waals surface area contributed by atoms with Crippen molar-refractivity contribution < 1.29 is 14.3 Å². The van der Waals surface area contributed by atoms with Crippen molar-refractivity contribution in [1.82, 2.24) is 14.9 Å². The van der Waals surface area contributed by atoms with Crippen LogP contribution in [0.3, 0.4) is 0 Å². The molecule has 3 saturated heterocycles. The zero-order valence-corrected chi connectivity index (χ0v) is 14.6. The molecule has 3 fully saturated rings. The number of carbonyl (C=O) groups excluding carboxylic acids is 1. The summed E-state index contributed by atoms with van der Waals surface area (Å²) in [6, 6.07) is 1.83. The number of piperidine rings is 1. The molecule has 0 saturated carbocycles. The van der Waals surface area contributed by atoms with Gasteiger partial charge >= 0.3 is 0 Å². The molecular weight excluding hydrogens is 320 g/mol. The topological polar surface area (TPSA) is 67.8 Å². The Kier molecular flexibility index (Phi) is 4.85. The largest absolute Gasteiger partial charge is 0.379 e. The van der Waals surface area contributed by atoms with E-state index in [-0.39, 0.29) is 17.4 Å². The van der Waals surface area contributed by atoms with E-state index >= 15 is 0 Å². The van der Waals surface area contributed by atoms with Crippen molar-refractivity contribution in [2.75, 3.05) is 50.9 Å². The lowest BCUT2D eigenvalue weighted by molar-refractivity contribution is -0.145. The van der Waals surface area contributed by atoms with Crippen molar-refractivity contribution in [3.05, 3.63) is 18.5 Å². The number of hydrogen-bond acceptors (Lipinski definition) is 6. The van der Waals surface area contributed by atoms with Crippen molar-refractivity contribution in [2.45, 2.75) is 31.8 Å². The zero-order valence-electron chi connectivity index (χ0n) is 14.6. The molecule has 4 heterocycles. The minimum Gasteiger partial charge on any atom is -0.379 e. The van der Waals surface area contributed by atoms with Gasteiger partial charge in [0.05, 0.1) is 13.2 Å². The highest BCUT2D eigenvalue weighted by Crippen LogP contribution is 2.34. The Labute approximate surface area is 148 Å². The molecule has 0 radical (unpaired) electrons. The monoisotopic (exact) mass is 346 g/mol. The average Bonchev–Trinajstić information content (AvgIpc) is 3.12. The van der Waals surface area contributed by atoms with Crippen LogP contribution in [0.2, 0.25) is 0 Å². The van der Waals surface area contributed by atoms with Crippen LogP contribution in [0.5, 0.6) is 0 Å². The maximum atomic E-state index is 12.8. The molecule has 3 aliphatic heterocycles. The highest BCUT2D eigenvalue weighted by atomic mass is 16.5. The fraction of sp³-hybridized carbons (Fsp3) is 0.722. The molecule has 7 nitrogen and oxygen atoms in total. The van der Waals surface area contributed by atoms with E-state index in [0.29, 0.717) is 19.8 Å². The molecule has 0 aromatic carbocycles. The van der Waals surface area contributed by atoms with E-state index in [2.05, 4.69) is 14.9 Å². The summed E-state index contributed by atoms with van der Waals surface area (Å²) in [5, 5.41) is 0. The molecule has 0 N–H and O–H groups in total. The Hall–Kier alpha value is -1.73. The van der Waals surface area contributed by atoms with E-state index in [4.69, 9.17) is 9.47 Å². The Morgan fingerprint density at radius 3 is 2.84 bits per heavy atom. The first-order chi connectivity index (χ1) is 12.3. The molecule has 2 atom stereocenters. The summed E-state index contributed by atoms with van der Waals surface area (Å²) in [5.74, 6) is 0.901. The number of aromatic nitrogens is 2. The third-order valence-corrected chi connectivity index (χ3v) is 5.45.